The van der Waals surface area contributed by atoms with E-state index >= 15 is 0 Å². The van der Waals surface area contributed by atoms with Gasteiger partial charge in [-0.05, 0) is 11.1 Å². The Morgan fingerprint density at radius 3 is 2.09 bits per heavy atom. The second-order valence-electron chi connectivity index (χ2n) is 4.92. The highest BCUT2D eigenvalue weighted by molar-refractivity contribution is 7.11. The number of amides is 1. The molecule has 0 radical (unpaired) electrons. The Kier molecular flexibility index (Phi) is 4.61. The van der Waals surface area contributed by atoms with E-state index in [1.54, 1.807) is 11.6 Å². The molecule has 4 heteroatoms. The maximum Gasteiger partial charge on any atom is 0.280 e. The molecule has 110 valence electrons. The van der Waals surface area contributed by atoms with Gasteiger partial charge in [-0.25, -0.2) is 4.98 Å². The number of hydrogen-bond donors (Lipinski definition) is 1. The van der Waals surface area contributed by atoms with Gasteiger partial charge in [0.05, 0.1) is 0 Å². The van der Waals surface area contributed by atoms with Crippen LogP contribution in [0.4, 0.5) is 0 Å². The molecule has 0 aliphatic heterocycles. The zero-order chi connectivity index (χ0) is 15.2. The fourth-order valence-corrected chi connectivity index (χ4v) is 2.96. The van der Waals surface area contributed by atoms with Crippen molar-refractivity contribution in [3.05, 3.63) is 88.4 Å². The van der Waals surface area contributed by atoms with Crippen molar-refractivity contribution < 1.29 is 4.79 Å². The van der Waals surface area contributed by atoms with E-state index in [2.05, 4.69) is 34.6 Å². The number of nitrogens with one attached hydrogen (secondary N) is 1. The summed E-state index contributed by atoms with van der Waals surface area (Å²) in [6.07, 6.45) is 1.64. The average molecular weight is 308 g/mol. The maximum atomic E-state index is 12.1. The average Bonchev–Trinajstić information content (AvgIpc) is 3.11. The lowest BCUT2D eigenvalue weighted by atomic mass is 9.91. The molecule has 1 N–H and O–H groups in total. The van der Waals surface area contributed by atoms with E-state index < -0.39 is 0 Å². The summed E-state index contributed by atoms with van der Waals surface area (Å²) < 4.78 is 0. The van der Waals surface area contributed by atoms with Crippen molar-refractivity contribution in [2.75, 3.05) is 6.54 Å². The fraction of sp³-hybridized carbons (Fsp3) is 0.111. The number of aromatic nitrogens is 1. The molecule has 0 saturated carbocycles. The number of benzene rings is 2. The van der Waals surface area contributed by atoms with E-state index in [9.17, 15) is 4.79 Å². The Morgan fingerprint density at radius 2 is 1.59 bits per heavy atom. The summed E-state index contributed by atoms with van der Waals surface area (Å²) in [5.74, 6) is 0.0122. The second-order valence-corrected chi connectivity index (χ2v) is 5.82. The molecule has 22 heavy (non-hydrogen) atoms. The van der Waals surface area contributed by atoms with Crippen LogP contribution in [0.2, 0.25) is 0 Å². The summed E-state index contributed by atoms with van der Waals surface area (Å²) in [5, 5.41) is 5.30. The van der Waals surface area contributed by atoms with Gasteiger partial charge in [-0.15, -0.1) is 11.3 Å². The van der Waals surface area contributed by atoms with Crippen LogP contribution in [-0.2, 0) is 0 Å². The van der Waals surface area contributed by atoms with Crippen molar-refractivity contribution in [3.63, 3.8) is 0 Å². The van der Waals surface area contributed by atoms with Gasteiger partial charge in [0.25, 0.3) is 5.91 Å². The van der Waals surface area contributed by atoms with E-state index in [1.807, 2.05) is 36.4 Å². The normalized spacial score (nSPS) is 10.6. The minimum Gasteiger partial charge on any atom is -0.349 e. The van der Waals surface area contributed by atoms with Crippen LogP contribution in [0.5, 0.6) is 0 Å². The lowest BCUT2D eigenvalue weighted by Gasteiger charge is -2.18. The third-order valence-electron chi connectivity index (χ3n) is 3.50. The zero-order valence-corrected chi connectivity index (χ0v) is 12.8. The van der Waals surface area contributed by atoms with Gasteiger partial charge in [-0.2, -0.15) is 0 Å². The molecule has 3 nitrogen and oxygen atoms in total. The van der Waals surface area contributed by atoms with Gasteiger partial charge in [-0.3, -0.25) is 4.79 Å². The molecule has 0 fully saturated rings. The van der Waals surface area contributed by atoms with Crippen molar-refractivity contribution in [2.24, 2.45) is 0 Å². The Bertz CT molecular complexity index is 672. The highest BCUT2D eigenvalue weighted by atomic mass is 32.1. The molecule has 0 spiro atoms. The van der Waals surface area contributed by atoms with Gasteiger partial charge in [-0.1, -0.05) is 60.7 Å². The third kappa shape index (κ3) is 3.40. The minimum atomic E-state index is -0.119. The third-order valence-corrected chi connectivity index (χ3v) is 4.27. The molecule has 1 amide bonds. The van der Waals surface area contributed by atoms with Crippen molar-refractivity contribution in [1.82, 2.24) is 10.3 Å². The summed E-state index contributed by atoms with van der Waals surface area (Å²) in [6.45, 7) is 0.548. The van der Waals surface area contributed by atoms with E-state index in [4.69, 9.17) is 0 Å². The monoisotopic (exact) mass is 308 g/mol. The van der Waals surface area contributed by atoms with Gasteiger partial charge in [0.1, 0.15) is 0 Å². The Morgan fingerprint density at radius 1 is 1.00 bits per heavy atom. The van der Waals surface area contributed by atoms with Crippen LogP contribution in [0, 0.1) is 0 Å². The van der Waals surface area contributed by atoms with E-state index in [-0.39, 0.29) is 11.8 Å². The van der Waals surface area contributed by atoms with Crippen LogP contribution >= 0.6 is 11.3 Å². The smallest absolute Gasteiger partial charge is 0.280 e. The van der Waals surface area contributed by atoms with E-state index in [1.165, 1.54) is 22.5 Å². The first-order chi connectivity index (χ1) is 10.8. The Hall–Kier alpha value is -2.46. The molecule has 0 unspecified atom stereocenters. The quantitative estimate of drug-likeness (QED) is 0.781. The minimum absolute atomic E-state index is 0.119. The SMILES string of the molecule is O=C(NCC(c1ccccc1)c1ccccc1)c1nccs1. The highest BCUT2D eigenvalue weighted by Gasteiger charge is 2.16. The maximum absolute atomic E-state index is 12.1. The molecular formula is C18H16N2OS. The Balaban J connectivity index is 1.79. The molecule has 0 aliphatic carbocycles. The lowest BCUT2D eigenvalue weighted by Crippen LogP contribution is -2.28. The molecule has 0 aliphatic rings. The number of nitrogens with zero attached hydrogens (tertiary/aromatic N) is 1. The lowest BCUT2D eigenvalue weighted by molar-refractivity contribution is 0.0952. The van der Waals surface area contributed by atoms with Crippen molar-refractivity contribution in [3.8, 4) is 0 Å². The predicted octanol–water partition coefficient (Wildman–Crippen LogP) is 3.71. The van der Waals surface area contributed by atoms with Crippen molar-refractivity contribution in [2.45, 2.75) is 5.92 Å². The first-order valence-corrected chi connectivity index (χ1v) is 8.00. The van der Waals surface area contributed by atoms with Crippen LogP contribution in [-0.4, -0.2) is 17.4 Å². The van der Waals surface area contributed by atoms with Gasteiger partial charge >= 0.3 is 0 Å². The first-order valence-electron chi connectivity index (χ1n) is 7.12. The molecule has 2 aromatic carbocycles. The molecular weight excluding hydrogens is 292 g/mol. The number of rotatable bonds is 5. The highest BCUT2D eigenvalue weighted by Crippen LogP contribution is 2.23. The van der Waals surface area contributed by atoms with E-state index in [0.29, 0.717) is 11.6 Å². The molecule has 3 aromatic rings. The second kappa shape index (κ2) is 7.00. The summed E-state index contributed by atoms with van der Waals surface area (Å²) in [7, 11) is 0. The fourth-order valence-electron chi connectivity index (χ4n) is 2.40. The predicted molar refractivity (Wildman–Crippen MR) is 89.2 cm³/mol. The van der Waals surface area contributed by atoms with Gasteiger partial charge in [0.15, 0.2) is 5.01 Å². The summed E-state index contributed by atoms with van der Waals surface area (Å²) in [4.78, 5) is 16.2. The molecule has 1 heterocycles. The summed E-state index contributed by atoms with van der Waals surface area (Å²) in [5.41, 5.74) is 2.38. The van der Waals surface area contributed by atoms with Gasteiger partial charge in [0.2, 0.25) is 0 Å². The van der Waals surface area contributed by atoms with E-state index in [0.717, 1.165) is 0 Å². The van der Waals surface area contributed by atoms with Crippen molar-refractivity contribution in [1.29, 1.82) is 0 Å². The number of carbonyl (C=O) groups is 1. The molecule has 1 aromatic heterocycles. The number of carbonyl (C=O) groups excluding carboxylic acids is 1. The van der Waals surface area contributed by atoms with Crippen LogP contribution in [0.25, 0.3) is 0 Å². The van der Waals surface area contributed by atoms with Gasteiger partial charge in [0, 0.05) is 24.0 Å². The zero-order valence-electron chi connectivity index (χ0n) is 12.0. The summed E-state index contributed by atoms with van der Waals surface area (Å²) in [6, 6.07) is 20.4. The number of hydrogen-bond acceptors (Lipinski definition) is 3. The standard InChI is InChI=1S/C18H16N2OS/c21-17(18-19-11-12-22-18)20-13-16(14-7-3-1-4-8-14)15-9-5-2-6-10-15/h1-12,16H,13H2,(H,20,21). The van der Waals surface area contributed by atoms with Crippen molar-refractivity contribution >= 4 is 17.2 Å². The topological polar surface area (TPSA) is 42.0 Å². The molecule has 0 saturated heterocycles. The van der Waals surface area contributed by atoms with Crippen LogP contribution in [0.3, 0.4) is 0 Å². The number of thiazole rings is 1. The van der Waals surface area contributed by atoms with Crippen LogP contribution in [0.1, 0.15) is 26.8 Å². The summed E-state index contributed by atoms with van der Waals surface area (Å²) >= 11 is 1.35. The largest absolute Gasteiger partial charge is 0.349 e. The first kappa shape index (κ1) is 14.5. The van der Waals surface area contributed by atoms with Crippen LogP contribution in [0.15, 0.2) is 72.2 Å². The molecule has 0 atom stereocenters. The molecule has 0 bridgehead atoms. The van der Waals surface area contributed by atoms with Gasteiger partial charge < -0.3 is 5.32 Å². The van der Waals surface area contributed by atoms with Crippen LogP contribution < -0.4 is 5.32 Å². The Labute approximate surface area is 133 Å². The molecule has 3 rings (SSSR count).